The largest absolute Gasteiger partial charge is 0.0610 e. The third kappa shape index (κ3) is 3.19. The molecule has 3 aliphatic rings. The molecule has 0 amide bonds. The van der Waals surface area contributed by atoms with Crippen molar-refractivity contribution < 1.29 is 0 Å². The summed E-state index contributed by atoms with van der Waals surface area (Å²) in [6.07, 6.45) is 0. The number of aryl methyl sites for hydroxylation is 1. The van der Waals surface area contributed by atoms with Crippen LogP contribution in [0.5, 0.6) is 0 Å². The van der Waals surface area contributed by atoms with Crippen molar-refractivity contribution in [2.24, 2.45) is 0 Å². The standard InChI is InChI=1S/C49H28/c1-27-24-43-33(34-15-7-17-38-36-14-3-9-29-11-5-19-41(46(29)36)48(34)38)22-23-39-32-21-20-30(26-42(32)44(25-27)49(39)43)31-12-6-16-37-35-13-2-8-28-10-4-18-40(45(28)35)47(31)37/h2-26H,1H3. The minimum atomic E-state index is 1.27. The predicted molar refractivity (Wildman–Crippen MR) is 208 cm³/mol. The molecule has 9 aromatic carbocycles. The van der Waals surface area contributed by atoms with Crippen LogP contribution in [0.3, 0.4) is 0 Å². The molecule has 0 bridgehead atoms. The summed E-state index contributed by atoms with van der Waals surface area (Å²) >= 11 is 0. The van der Waals surface area contributed by atoms with Crippen LogP contribution in [0.2, 0.25) is 0 Å². The van der Waals surface area contributed by atoms with Gasteiger partial charge < -0.3 is 0 Å². The lowest BCUT2D eigenvalue weighted by Crippen LogP contribution is -1.88. The first-order valence-electron chi connectivity index (χ1n) is 17.3. The zero-order valence-corrected chi connectivity index (χ0v) is 26.9. The maximum atomic E-state index is 2.46. The van der Waals surface area contributed by atoms with Crippen molar-refractivity contribution in [3.05, 3.63) is 157 Å². The number of hydrogen-bond acceptors (Lipinski definition) is 0. The summed E-state index contributed by atoms with van der Waals surface area (Å²) in [5.41, 5.74) is 22.6. The van der Waals surface area contributed by atoms with Gasteiger partial charge in [-0.05, 0) is 140 Å². The topological polar surface area (TPSA) is 0 Å². The molecule has 0 nitrogen and oxygen atoms in total. The second-order valence-corrected chi connectivity index (χ2v) is 14.0. The van der Waals surface area contributed by atoms with Gasteiger partial charge in [0.25, 0.3) is 0 Å². The molecule has 0 radical (unpaired) electrons. The second kappa shape index (κ2) is 9.01. The first-order valence-corrected chi connectivity index (χ1v) is 17.3. The molecule has 0 aliphatic heterocycles. The van der Waals surface area contributed by atoms with Gasteiger partial charge in [0.1, 0.15) is 0 Å². The van der Waals surface area contributed by atoms with Crippen LogP contribution < -0.4 is 0 Å². The molecule has 0 aromatic heterocycles. The average molecular weight is 617 g/mol. The van der Waals surface area contributed by atoms with E-state index in [-0.39, 0.29) is 0 Å². The Morgan fingerprint density at radius 3 is 1.41 bits per heavy atom. The van der Waals surface area contributed by atoms with Gasteiger partial charge in [0.05, 0.1) is 0 Å². The van der Waals surface area contributed by atoms with Crippen molar-refractivity contribution in [1.29, 1.82) is 0 Å². The Balaban J connectivity index is 1.07. The van der Waals surface area contributed by atoms with Crippen LogP contribution in [-0.4, -0.2) is 0 Å². The van der Waals surface area contributed by atoms with Crippen molar-refractivity contribution in [2.75, 3.05) is 0 Å². The highest BCUT2D eigenvalue weighted by molar-refractivity contribution is 6.23. The maximum Gasteiger partial charge on any atom is -0.00199 e. The van der Waals surface area contributed by atoms with Crippen molar-refractivity contribution in [3.63, 3.8) is 0 Å². The lowest BCUT2D eigenvalue weighted by molar-refractivity contribution is 1.51. The fourth-order valence-corrected chi connectivity index (χ4v) is 9.62. The Labute approximate surface area is 284 Å². The maximum absolute atomic E-state index is 2.46. The minimum absolute atomic E-state index is 1.27. The van der Waals surface area contributed by atoms with E-state index in [4.69, 9.17) is 0 Å². The Bertz CT molecular complexity index is 2980. The van der Waals surface area contributed by atoms with E-state index < -0.39 is 0 Å². The Morgan fingerprint density at radius 1 is 0.286 bits per heavy atom. The summed E-state index contributed by atoms with van der Waals surface area (Å²) in [6.45, 7) is 2.25. The molecule has 12 rings (SSSR count). The SMILES string of the molecule is Cc1cc2c3c(ccc(-c4cccc5c4-c4cccc6cccc-5c46)c3c1)-c1ccc(-c3cccc4c3-c3cccc5cccc-4c35)cc1-2. The number of hydrogen-bond donors (Lipinski definition) is 0. The number of fused-ring (bicyclic) bond motifs is 9. The minimum Gasteiger partial charge on any atom is -0.0610 e. The first-order chi connectivity index (χ1) is 24.2. The van der Waals surface area contributed by atoms with Crippen LogP contribution in [0.15, 0.2) is 152 Å². The average Bonchev–Trinajstić information content (AvgIpc) is 3.77. The van der Waals surface area contributed by atoms with Crippen LogP contribution >= 0.6 is 0 Å². The van der Waals surface area contributed by atoms with Gasteiger partial charge in [-0.25, -0.2) is 0 Å². The van der Waals surface area contributed by atoms with E-state index in [1.807, 2.05) is 0 Å². The molecule has 49 heavy (non-hydrogen) atoms. The molecule has 0 unspecified atom stereocenters. The molecule has 0 saturated carbocycles. The molecule has 0 saturated heterocycles. The first kappa shape index (κ1) is 25.8. The van der Waals surface area contributed by atoms with Gasteiger partial charge in [0, 0.05) is 0 Å². The molecule has 0 spiro atoms. The van der Waals surface area contributed by atoms with Crippen molar-refractivity contribution in [2.45, 2.75) is 6.92 Å². The zero-order chi connectivity index (χ0) is 32.0. The van der Waals surface area contributed by atoms with Gasteiger partial charge in [-0.2, -0.15) is 0 Å². The van der Waals surface area contributed by atoms with Crippen molar-refractivity contribution >= 4 is 32.3 Å². The van der Waals surface area contributed by atoms with Gasteiger partial charge >= 0.3 is 0 Å². The molecule has 0 heteroatoms. The second-order valence-electron chi connectivity index (χ2n) is 14.0. The lowest BCUT2D eigenvalue weighted by atomic mass is 9.88. The quantitative estimate of drug-likeness (QED) is 0.181. The molecule has 224 valence electrons. The summed E-state index contributed by atoms with van der Waals surface area (Å²) < 4.78 is 0. The molecular weight excluding hydrogens is 589 g/mol. The van der Waals surface area contributed by atoms with Gasteiger partial charge in [-0.1, -0.05) is 146 Å². The number of benzene rings is 9. The zero-order valence-electron chi connectivity index (χ0n) is 26.9. The summed E-state index contributed by atoms with van der Waals surface area (Å²) in [5, 5.41) is 8.08. The summed E-state index contributed by atoms with van der Waals surface area (Å²) in [6, 6.07) is 57.4. The molecule has 9 aromatic rings. The van der Waals surface area contributed by atoms with Crippen LogP contribution in [-0.2, 0) is 0 Å². The van der Waals surface area contributed by atoms with E-state index in [1.165, 1.54) is 127 Å². The van der Waals surface area contributed by atoms with Crippen molar-refractivity contribution in [3.8, 4) is 89.0 Å². The van der Waals surface area contributed by atoms with E-state index in [9.17, 15) is 0 Å². The summed E-state index contributed by atoms with van der Waals surface area (Å²) in [5.74, 6) is 0. The summed E-state index contributed by atoms with van der Waals surface area (Å²) in [4.78, 5) is 0. The molecule has 0 heterocycles. The third-order valence-corrected chi connectivity index (χ3v) is 11.5. The van der Waals surface area contributed by atoms with Crippen LogP contribution in [0.1, 0.15) is 5.56 Å². The molecule has 0 N–H and O–H groups in total. The van der Waals surface area contributed by atoms with Crippen LogP contribution in [0.25, 0.3) is 121 Å². The number of rotatable bonds is 2. The Kier molecular flexibility index (Phi) is 4.74. The van der Waals surface area contributed by atoms with E-state index in [0.29, 0.717) is 0 Å². The van der Waals surface area contributed by atoms with Crippen molar-refractivity contribution in [1.82, 2.24) is 0 Å². The highest BCUT2D eigenvalue weighted by atomic mass is 14.3. The molecular formula is C49H28. The van der Waals surface area contributed by atoms with E-state index >= 15 is 0 Å². The highest BCUT2D eigenvalue weighted by Crippen LogP contribution is 2.56. The fourth-order valence-electron chi connectivity index (χ4n) is 9.62. The smallest absolute Gasteiger partial charge is 0.00199 e. The van der Waals surface area contributed by atoms with Gasteiger partial charge in [-0.15, -0.1) is 0 Å². The predicted octanol–water partition coefficient (Wildman–Crippen LogP) is 13.7. The lowest BCUT2D eigenvalue weighted by Gasteiger charge is -2.15. The van der Waals surface area contributed by atoms with Gasteiger partial charge in [0.15, 0.2) is 0 Å². The molecule has 0 fully saturated rings. The third-order valence-electron chi connectivity index (χ3n) is 11.5. The highest BCUT2D eigenvalue weighted by Gasteiger charge is 2.29. The monoisotopic (exact) mass is 616 g/mol. The summed E-state index contributed by atoms with van der Waals surface area (Å²) in [7, 11) is 0. The molecule has 0 atom stereocenters. The normalized spacial score (nSPS) is 12.6. The van der Waals surface area contributed by atoms with Gasteiger partial charge in [-0.3, -0.25) is 0 Å². The Hall–Kier alpha value is -6.24. The van der Waals surface area contributed by atoms with E-state index in [0.717, 1.165) is 0 Å². The molecule has 3 aliphatic carbocycles. The van der Waals surface area contributed by atoms with E-state index in [2.05, 4.69) is 159 Å². The van der Waals surface area contributed by atoms with Crippen LogP contribution in [0.4, 0.5) is 0 Å². The van der Waals surface area contributed by atoms with Gasteiger partial charge in [0.2, 0.25) is 0 Å². The Morgan fingerprint density at radius 2 is 0.755 bits per heavy atom. The van der Waals surface area contributed by atoms with E-state index in [1.54, 1.807) is 0 Å². The fraction of sp³-hybridized carbons (Fsp3) is 0.0204. The van der Waals surface area contributed by atoms with Crippen LogP contribution in [0, 0.1) is 6.92 Å².